The van der Waals surface area contributed by atoms with Gasteiger partial charge in [-0.25, -0.2) is 14.9 Å². The van der Waals surface area contributed by atoms with Gasteiger partial charge in [0.1, 0.15) is 0 Å². The van der Waals surface area contributed by atoms with Gasteiger partial charge in [-0.1, -0.05) is 0 Å². The molecule has 0 atom stereocenters. The summed E-state index contributed by atoms with van der Waals surface area (Å²) in [5.74, 6) is 0. The number of carbonyl (C=O) groups is 1. The number of hydrogen-bond acceptors (Lipinski definition) is 5. The first-order chi connectivity index (χ1) is 3.92. The van der Waals surface area contributed by atoms with Gasteiger partial charge in [0.2, 0.25) is 0 Å². The third kappa shape index (κ3) is 11.0. The number of nitrogens with two attached hydrogens (primary N) is 1. The zero-order valence-electron chi connectivity index (χ0n) is 4.77. The van der Waals surface area contributed by atoms with Crippen molar-refractivity contribution < 1.29 is 23.8 Å². The fourth-order valence-electron chi connectivity index (χ4n) is 0.101. The van der Waals surface area contributed by atoms with E-state index in [-0.39, 0.29) is 23.1 Å². The van der Waals surface area contributed by atoms with Crippen LogP contribution in [0.3, 0.4) is 0 Å². The average molecular weight is 178 g/mol. The van der Waals surface area contributed by atoms with Crippen LogP contribution in [0.4, 0.5) is 4.79 Å². The molecule has 3 N–H and O–H groups in total. The first-order valence-electron chi connectivity index (χ1n) is 1.68. The topological polar surface area (TPSA) is 128 Å². The molecule has 0 aliphatic heterocycles. The Morgan fingerprint density at radius 3 is 2.10 bits per heavy atom. The Bertz CT molecular complexity index is 154. The molecule has 2 amide bonds. The maximum absolute atomic E-state index is 9.63. The molecule has 0 aromatic heterocycles. The molecule has 0 aromatic carbocycles. The van der Waals surface area contributed by atoms with Gasteiger partial charge in [0, 0.05) is 0 Å². The summed E-state index contributed by atoms with van der Waals surface area (Å²) in [5.41, 5.74) is 5.46. The summed E-state index contributed by atoms with van der Waals surface area (Å²) in [7, 11) is -5.13. The third-order valence-electron chi connectivity index (χ3n) is 0.258. The Kier molecular flexibility index (Phi) is 6.25. The number of phosphoric acid groups is 1. The molecule has 0 saturated heterocycles. The molecule has 0 spiro atoms. The van der Waals surface area contributed by atoms with Crippen molar-refractivity contribution in [1.82, 2.24) is 5.48 Å². The second kappa shape index (κ2) is 4.89. The van der Waals surface area contributed by atoms with E-state index >= 15 is 0 Å². The smallest absolute Gasteiger partial charge is 0.788 e. The fraction of sp³-hybridized carbons (Fsp3) is 0. The second-order valence-electron chi connectivity index (χ2n) is 1.00. The van der Waals surface area contributed by atoms with Gasteiger partial charge in [0.15, 0.2) is 0 Å². The average Bonchev–Trinajstić information content (AvgIpc) is 1.59. The van der Waals surface area contributed by atoms with Gasteiger partial charge in [0.05, 0.1) is 7.82 Å². The maximum Gasteiger partial charge on any atom is 2.00 e. The summed E-state index contributed by atoms with van der Waals surface area (Å²) < 4.78 is 12.7. The minimum Gasteiger partial charge on any atom is -0.788 e. The number of primary amides is 1. The summed E-state index contributed by atoms with van der Waals surface area (Å²) in [6.07, 6.45) is 0. The van der Waals surface area contributed by atoms with Crippen LogP contribution in [0.1, 0.15) is 0 Å². The van der Waals surface area contributed by atoms with Crippen molar-refractivity contribution in [3.8, 4) is 0 Å². The van der Waals surface area contributed by atoms with Crippen molar-refractivity contribution in [1.29, 1.82) is 0 Å². The normalized spacial score (nSPS) is 9.80. The van der Waals surface area contributed by atoms with Gasteiger partial charge < -0.3 is 20.1 Å². The molecule has 0 radical (unpaired) electrons. The molecule has 0 fully saturated rings. The summed E-state index contributed by atoms with van der Waals surface area (Å²) in [4.78, 5) is 28.7. The van der Waals surface area contributed by atoms with E-state index in [1.165, 1.54) is 0 Å². The van der Waals surface area contributed by atoms with Crippen LogP contribution in [0, 0.1) is 0 Å². The van der Waals surface area contributed by atoms with Crippen molar-refractivity contribution >= 4 is 36.9 Å². The molecule has 0 aliphatic carbocycles. The first-order valence-corrected chi connectivity index (χ1v) is 3.14. The van der Waals surface area contributed by atoms with E-state index in [9.17, 15) is 19.1 Å². The SMILES string of the molecule is NC(=O)NOP(=O)([O-])[O-].[Mg+2]. The molecule has 9 heteroatoms. The zero-order chi connectivity index (χ0) is 7.49. The molecule has 0 rings (SSSR count). The standard InChI is InChI=1S/CH5N2O5P.Mg/c2-1(4)3-8-9(5,6)7;/h(H3,2,3,4)(H2,5,6,7);/q;+2/p-2. The van der Waals surface area contributed by atoms with E-state index in [0.717, 1.165) is 5.48 Å². The van der Waals surface area contributed by atoms with Gasteiger partial charge in [-0.15, -0.1) is 0 Å². The Balaban J connectivity index is 0. The summed E-state index contributed by atoms with van der Waals surface area (Å²) in [5, 5.41) is 0. The predicted octanol–water partition coefficient (Wildman–Crippen LogP) is -2.97. The third-order valence-corrected chi connectivity index (χ3v) is 0.573. The van der Waals surface area contributed by atoms with Crippen molar-refractivity contribution in [2.45, 2.75) is 0 Å². The van der Waals surface area contributed by atoms with E-state index < -0.39 is 13.9 Å². The molecule has 7 nitrogen and oxygen atoms in total. The Morgan fingerprint density at radius 1 is 1.60 bits per heavy atom. The summed E-state index contributed by atoms with van der Waals surface area (Å²) >= 11 is 0. The van der Waals surface area contributed by atoms with Gasteiger partial charge >= 0.3 is 29.1 Å². The number of hydrogen-bond donors (Lipinski definition) is 2. The van der Waals surface area contributed by atoms with Gasteiger partial charge in [-0.3, -0.25) is 0 Å². The van der Waals surface area contributed by atoms with E-state index in [2.05, 4.69) is 10.4 Å². The molecule has 0 saturated carbocycles. The second-order valence-corrected chi connectivity index (χ2v) is 2.08. The molecular weight excluding hydrogens is 175 g/mol. The summed E-state index contributed by atoms with van der Waals surface area (Å²) in [6.45, 7) is 0. The van der Waals surface area contributed by atoms with Crippen LogP contribution >= 0.6 is 7.82 Å². The van der Waals surface area contributed by atoms with E-state index in [1.807, 2.05) is 0 Å². The van der Waals surface area contributed by atoms with E-state index in [4.69, 9.17) is 0 Å². The molecule has 0 heterocycles. The Hall–Kier alpha value is 0.146. The first kappa shape index (κ1) is 12.8. The number of carbonyl (C=O) groups excluding carboxylic acids is 1. The van der Waals surface area contributed by atoms with Crippen LogP contribution in [0.5, 0.6) is 0 Å². The van der Waals surface area contributed by atoms with Gasteiger partial charge in [-0.2, -0.15) is 0 Å². The molecule has 0 aromatic rings. The monoisotopic (exact) mass is 178 g/mol. The van der Waals surface area contributed by atoms with Gasteiger partial charge in [0.25, 0.3) is 0 Å². The number of nitrogens with one attached hydrogen (secondary N) is 1. The molecule has 10 heavy (non-hydrogen) atoms. The maximum atomic E-state index is 9.63. The largest absolute Gasteiger partial charge is 2.00 e. The molecule has 54 valence electrons. The van der Waals surface area contributed by atoms with E-state index in [0.29, 0.717) is 0 Å². The van der Waals surface area contributed by atoms with Crippen LogP contribution in [-0.4, -0.2) is 29.1 Å². The predicted molar refractivity (Wildman–Crippen MR) is 27.2 cm³/mol. The Labute approximate surface area is 72.3 Å². The van der Waals surface area contributed by atoms with Crippen LogP contribution in [0.2, 0.25) is 0 Å². The van der Waals surface area contributed by atoms with Crippen molar-refractivity contribution in [3.05, 3.63) is 0 Å². The van der Waals surface area contributed by atoms with Crippen molar-refractivity contribution in [2.24, 2.45) is 5.73 Å². The zero-order valence-corrected chi connectivity index (χ0v) is 7.08. The minimum absolute atomic E-state index is 0. The molecule has 0 bridgehead atoms. The van der Waals surface area contributed by atoms with Crippen LogP contribution < -0.4 is 21.0 Å². The molecule has 0 aliphatic rings. The number of amides is 2. The number of urea groups is 1. The van der Waals surface area contributed by atoms with E-state index in [1.54, 1.807) is 0 Å². The minimum atomic E-state index is -5.13. The van der Waals surface area contributed by atoms with Crippen LogP contribution in [0.15, 0.2) is 0 Å². The van der Waals surface area contributed by atoms with Crippen LogP contribution in [0.25, 0.3) is 0 Å². The Morgan fingerprint density at radius 2 is 2.00 bits per heavy atom. The molecule has 0 unspecified atom stereocenters. The van der Waals surface area contributed by atoms with Crippen molar-refractivity contribution in [3.63, 3.8) is 0 Å². The quantitative estimate of drug-likeness (QED) is 0.265. The van der Waals surface area contributed by atoms with Gasteiger partial charge in [-0.05, 0) is 0 Å². The number of hydroxylamine groups is 1. The summed E-state index contributed by atoms with van der Waals surface area (Å²) in [6, 6.07) is -1.25. The molecular formula is CH3MgN2O5P. The number of rotatable bonds is 2. The van der Waals surface area contributed by atoms with Crippen LogP contribution in [-0.2, 0) is 9.19 Å². The fourth-order valence-corrected chi connectivity index (χ4v) is 0.303. The van der Waals surface area contributed by atoms with Crippen molar-refractivity contribution in [2.75, 3.05) is 0 Å².